The smallest absolute Gasteiger partial charge is 0.237 e. The van der Waals surface area contributed by atoms with Crippen LogP contribution >= 0.6 is 0 Å². The quantitative estimate of drug-likeness (QED) is 0.746. The highest BCUT2D eigenvalue weighted by Gasteiger charge is 2.18. The average molecular weight is 278 g/mol. The monoisotopic (exact) mass is 278 g/mol. The van der Waals surface area contributed by atoms with Crippen molar-refractivity contribution in [2.24, 2.45) is 5.73 Å². The summed E-state index contributed by atoms with van der Waals surface area (Å²) in [4.78, 5) is 11.9. The maximum absolute atomic E-state index is 11.9. The van der Waals surface area contributed by atoms with Crippen LogP contribution < -0.4 is 20.5 Å². The Hall–Kier alpha value is -2.01. The number of ether oxygens (including phenoxy) is 2. The predicted octanol–water partition coefficient (Wildman–Crippen LogP) is 1.78. The minimum absolute atomic E-state index is 0.220. The molecule has 1 aromatic rings. The van der Waals surface area contributed by atoms with Crippen LogP contribution in [0.5, 0.6) is 11.5 Å². The molecule has 0 aliphatic carbocycles. The molecular weight excluding hydrogens is 256 g/mol. The predicted molar refractivity (Wildman–Crippen MR) is 78.9 cm³/mol. The number of carbonyl (C=O) groups excluding carboxylic acids is 1. The standard InChI is InChI=1S/C15H22N2O3/c1-5-6-13(16)15(18)17-10(2)12-9-11(19-3)7-8-14(12)20-4/h5,7-10,13H,1,6,16H2,2-4H3,(H,17,18). The van der Waals surface area contributed by atoms with E-state index in [2.05, 4.69) is 11.9 Å². The molecular formula is C15H22N2O3. The first-order valence-electron chi connectivity index (χ1n) is 6.42. The summed E-state index contributed by atoms with van der Waals surface area (Å²) in [5, 5.41) is 2.86. The molecule has 5 heteroatoms. The molecule has 2 atom stereocenters. The van der Waals surface area contributed by atoms with Crippen LogP contribution in [0.25, 0.3) is 0 Å². The molecule has 5 nitrogen and oxygen atoms in total. The summed E-state index contributed by atoms with van der Waals surface area (Å²) in [5.74, 6) is 1.18. The van der Waals surface area contributed by atoms with E-state index in [-0.39, 0.29) is 11.9 Å². The summed E-state index contributed by atoms with van der Waals surface area (Å²) >= 11 is 0. The first-order chi connectivity index (χ1) is 9.53. The Morgan fingerprint density at radius 3 is 2.70 bits per heavy atom. The number of carbonyl (C=O) groups is 1. The lowest BCUT2D eigenvalue weighted by atomic mass is 10.1. The Morgan fingerprint density at radius 2 is 2.15 bits per heavy atom. The van der Waals surface area contributed by atoms with Gasteiger partial charge in [-0.15, -0.1) is 6.58 Å². The van der Waals surface area contributed by atoms with Gasteiger partial charge in [0.25, 0.3) is 0 Å². The molecule has 0 aliphatic heterocycles. The second kappa shape index (κ2) is 7.55. The normalized spacial score (nSPS) is 13.2. The van der Waals surface area contributed by atoms with Gasteiger partial charge < -0.3 is 20.5 Å². The van der Waals surface area contributed by atoms with E-state index in [1.807, 2.05) is 13.0 Å². The van der Waals surface area contributed by atoms with Crippen LogP contribution in [0.2, 0.25) is 0 Å². The van der Waals surface area contributed by atoms with Gasteiger partial charge in [-0.25, -0.2) is 0 Å². The van der Waals surface area contributed by atoms with Crippen LogP contribution in [0.4, 0.5) is 0 Å². The highest BCUT2D eigenvalue weighted by molar-refractivity contribution is 5.82. The number of nitrogens with one attached hydrogen (secondary N) is 1. The molecule has 0 saturated heterocycles. The second-order valence-electron chi connectivity index (χ2n) is 4.47. The number of rotatable bonds is 7. The van der Waals surface area contributed by atoms with Crippen molar-refractivity contribution in [2.45, 2.75) is 25.4 Å². The van der Waals surface area contributed by atoms with E-state index in [4.69, 9.17) is 15.2 Å². The van der Waals surface area contributed by atoms with E-state index in [0.29, 0.717) is 17.9 Å². The molecule has 0 saturated carbocycles. The van der Waals surface area contributed by atoms with Gasteiger partial charge in [-0.1, -0.05) is 6.08 Å². The minimum Gasteiger partial charge on any atom is -0.497 e. The van der Waals surface area contributed by atoms with Crippen molar-refractivity contribution < 1.29 is 14.3 Å². The van der Waals surface area contributed by atoms with E-state index in [9.17, 15) is 4.79 Å². The molecule has 1 rings (SSSR count). The molecule has 110 valence electrons. The summed E-state index contributed by atoms with van der Waals surface area (Å²) < 4.78 is 10.5. The number of methoxy groups -OCH3 is 2. The summed E-state index contributed by atoms with van der Waals surface area (Å²) in [6.07, 6.45) is 2.06. The largest absolute Gasteiger partial charge is 0.497 e. The fourth-order valence-corrected chi connectivity index (χ4v) is 1.86. The van der Waals surface area contributed by atoms with Gasteiger partial charge in [0.2, 0.25) is 5.91 Å². The first-order valence-corrected chi connectivity index (χ1v) is 6.42. The maximum atomic E-state index is 11.9. The van der Waals surface area contributed by atoms with Crippen LogP contribution in [-0.4, -0.2) is 26.2 Å². The lowest BCUT2D eigenvalue weighted by molar-refractivity contribution is -0.122. The summed E-state index contributed by atoms with van der Waals surface area (Å²) in [6, 6.07) is 4.62. The lowest BCUT2D eigenvalue weighted by Gasteiger charge is -2.20. The number of nitrogens with two attached hydrogens (primary N) is 1. The van der Waals surface area contributed by atoms with Gasteiger partial charge in [0, 0.05) is 5.56 Å². The molecule has 0 aromatic heterocycles. The van der Waals surface area contributed by atoms with Crippen molar-refractivity contribution in [1.82, 2.24) is 5.32 Å². The van der Waals surface area contributed by atoms with E-state index < -0.39 is 6.04 Å². The zero-order chi connectivity index (χ0) is 15.1. The van der Waals surface area contributed by atoms with Gasteiger partial charge in [0.05, 0.1) is 26.3 Å². The molecule has 3 N–H and O–H groups in total. The molecule has 0 heterocycles. The second-order valence-corrected chi connectivity index (χ2v) is 4.47. The van der Waals surface area contributed by atoms with Crippen molar-refractivity contribution >= 4 is 5.91 Å². The van der Waals surface area contributed by atoms with Crippen molar-refractivity contribution in [2.75, 3.05) is 14.2 Å². The van der Waals surface area contributed by atoms with E-state index in [0.717, 1.165) is 5.56 Å². The van der Waals surface area contributed by atoms with Crippen LogP contribution in [0.3, 0.4) is 0 Å². The molecule has 0 aliphatic rings. The number of amides is 1. The fraction of sp³-hybridized carbons (Fsp3) is 0.400. The Bertz CT molecular complexity index is 474. The Kier molecular flexibility index (Phi) is 6.06. The van der Waals surface area contributed by atoms with Crippen molar-refractivity contribution in [3.8, 4) is 11.5 Å². The zero-order valence-corrected chi connectivity index (χ0v) is 12.2. The maximum Gasteiger partial charge on any atom is 0.237 e. The molecule has 2 unspecified atom stereocenters. The van der Waals surface area contributed by atoms with Gasteiger partial charge in [0.1, 0.15) is 11.5 Å². The van der Waals surface area contributed by atoms with E-state index >= 15 is 0 Å². The zero-order valence-electron chi connectivity index (χ0n) is 12.2. The van der Waals surface area contributed by atoms with Gasteiger partial charge in [-0.3, -0.25) is 4.79 Å². The topological polar surface area (TPSA) is 73.6 Å². The highest BCUT2D eigenvalue weighted by Crippen LogP contribution is 2.29. The number of benzene rings is 1. The highest BCUT2D eigenvalue weighted by atomic mass is 16.5. The number of hydrogen-bond acceptors (Lipinski definition) is 4. The van der Waals surface area contributed by atoms with Crippen molar-refractivity contribution in [3.63, 3.8) is 0 Å². The van der Waals surface area contributed by atoms with Gasteiger partial charge in [0.15, 0.2) is 0 Å². The fourth-order valence-electron chi connectivity index (χ4n) is 1.86. The van der Waals surface area contributed by atoms with Crippen LogP contribution in [0, 0.1) is 0 Å². The third kappa shape index (κ3) is 3.99. The summed E-state index contributed by atoms with van der Waals surface area (Å²) in [7, 11) is 3.18. The van der Waals surface area contributed by atoms with Gasteiger partial charge in [-0.2, -0.15) is 0 Å². The van der Waals surface area contributed by atoms with Crippen LogP contribution in [-0.2, 0) is 4.79 Å². The third-order valence-corrected chi connectivity index (χ3v) is 3.02. The van der Waals surface area contributed by atoms with Crippen LogP contribution in [0.1, 0.15) is 24.9 Å². The number of hydrogen-bond donors (Lipinski definition) is 2. The third-order valence-electron chi connectivity index (χ3n) is 3.02. The molecule has 1 amide bonds. The first kappa shape index (κ1) is 16.0. The van der Waals surface area contributed by atoms with Crippen molar-refractivity contribution in [3.05, 3.63) is 36.4 Å². The SMILES string of the molecule is C=CCC(N)C(=O)NC(C)c1cc(OC)ccc1OC. The van der Waals surface area contributed by atoms with Gasteiger partial charge in [-0.05, 0) is 31.5 Å². The summed E-state index contributed by atoms with van der Waals surface area (Å²) in [6.45, 7) is 5.44. The van der Waals surface area contributed by atoms with Gasteiger partial charge >= 0.3 is 0 Å². The van der Waals surface area contributed by atoms with Crippen molar-refractivity contribution in [1.29, 1.82) is 0 Å². The molecule has 20 heavy (non-hydrogen) atoms. The van der Waals surface area contributed by atoms with Crippen LogP contribution in [0.15, 0.2) is 30.9 Å². The molecule has 1 aromatic carbocycles. The lowest BCUT2D eigenvalue weighted by Crippen LogP contribution is -2.41. The Labute approximate surface area is 119 Å². The molecule has 0 radical (unpaired) electrons. The molecule has 0 fully saturated rings. The average Bonchev–Trinajstić information content (AvgIpc) is 2.46. The summed E-state index contributed by atoms with van der Waals surface area (Å²) in [5.41, 5.74) is 6.58. The Balaban J connectivity index is 2.87. The van der Waals surface area contributed by atoms with E-state index in [1.165, 1.54) is 0 Å². The Morgan fingerprint density at radius 1 is 1.45 bits per heavy atom. The van der Waals surface area contributed by atoms with E-state index in [1.54, 1.807) is 32.4 Å². The molecule has 0 spiro atoms. The molecule has 0 bridgehead atoms. The minimum atomic E-state index is -0.591.